The molecule has 1 unspecified atom stereocenters. The summed E-state index contributed by atoms with van der Waals surface area (Å²) in [6.07, 6.45) is -0.624. The lowest BCUT2D eigenvalue weighted by atomic mass is 10.0. The van der Waals surface area contributed by atoms with E-state index in [0.717, 1.165) is 23.5 Å². The number of thiophene rings is 1. The second-order valence-corrected chi connectivity index (χ2v) is 6.57. The molecular formula is C17H21ClN2O2S. The summed E-state index contributed by atoms with van der Waals surface area (Å²) in [6.45, 7) is 2.35. The molecule has 0 aliphatic carbocycles. The highest BCUT2D eigenvalue weighted by Crippen LogP contribution is 2.22. The van der Waals surface area contributed by atoms with E-state index in [9.17, 15) is 9.90 Å². The second-order valence-electron chi connectivity index (χ2n) is 5.59. The maximum Gasteiger partial charge on any atom is 0.228 e. The number of aliphatic hydroxyl groups is 1. The van der Waals surface area contributed by atoms with Crippen LogP contribution in [0.15, 0.2) is 47.8 Å². The van der Waals surface area contributed by atoms with Gasteiger partial charge in [0.05, 0.1) is 12.5 Å². The number of aliphatic hydroxyl groups excluding tert-OH is 1. The van der Waals surface area contributed by atoms with Crippen molar-refractivity contribution in [2.75, 3.05) is 19.6 Å². The summed E-state index contributed by atoms with van der Waals surface area (Å²) in [5, 5.41) is 15.5. The first kappa shape index (κ1) is 17.9. The molecule has 2 N–H and O–H groups in total. The molecule has 1 aromatic heterocycles. The Labute approximate surface area is 146 Å². The lowest BCUT2D eigenvalue weighted by Crippen LogP contribution is -2.52. The third-order valence-corrected chi connectivity index (χ3v) is 4.90. The summed E-state index contributed by atoms with van der Waals surface area (Å²) >= 11 is 1.52. The fourth-order valence-corrected chi connectivity index (χ4v) is 3.24. The molecule has 0 bridgehead atoms. The topological polar surface area (TPSA) is 52.6 Å². The van der Waals surface area contributed by atoms with Crippen molar-refractivity contribution < 1.29 is 9.90 Å². The highest BCUT2D eigenvalue weighted by molar-refractivity contribution is 7.10. The first-order valence-corrected chi connectivity index (χ1v) is 8.37. The van der Waals surface area contributed by atoms with Gasteiger partial charge in [0, 0.05) is 24.5 Å². The van der Waals surface area contributed by atoms with Crippen LogP contribution in [0, 0.1) is 5.92 Å². The quantitative estimate of drug-likeness (QED) is 0.839. The van der Waals surface area contributed by atoms with Gasteiger partial charge in [-0.05, 0) is 17.0 Å². The summed E-state index contributed by atoms with van der Waals surface area (Å²) in [4.78, 5) is 15.3. The fraction of sp³-hybridized carbons (Fsp3) is 0.353. The predicted molar refractivity (Wildman–Crippen MR) is 94.7 cm³/mol. The number of carbonyl (C=O) groups excluding carboxylic acids is 1. The summed E-state index contributed by atoms with van der Waals surface area (Å²) in [5.74, 6) is 0.164. The molecule has 4 nitrogen and oxygen atoms in total. The average Bonchev–Trinajstić information content (AvgIpc) is 3.00. The normalized spacial score (nSPS) is 15.3. The average molecular weight is 353 g/mol. The summed E-state index contributed by atoms with van der Waals surface area (Å²) in [6, 6.07) is 13.8. The van der Waals surface area contributed by atoms with E-state index >= 15 is 0 Å². The minimum absolute atomic E-state index is 0. The molecule has 1 aliphatic heterocycles. The lowest BCUT2D eigenvalue weighted by molar-refractivity contribution is -0.139. The maximum absolute atomic E-state index is 12.6. The zero-order valence-corrected chi connectivity index (χ0v) is 14.4. The molecule has 0 radical (unpaired) electrons. The number of benzene rings is 1. The second kappa shape index (κ2) is 8.45. The number of amides is 1. The van der Waals surface area contributed by atoms with E-state index in [1.807, 2.05) is 47.8 Å². The molecule has 124 valence electrons. The van der Waals surface area contributed by atoms with Crippen molar-refractivity contribution in [1.29, 1.82) is 0 Å². The molecule has 1 aliphatic rings. The van der Waals surface area contributed by atoms with Crippen LogP contribution in [0.3, 0.4) is 0 Å². The van der Waals surface area contributed by atoms with Gasteiger partial charge in [-0.2, -0.15) is 0 Å². The Kier molecular flexibility index (Phi) is 6.59. The molecule has 1 saturated heterocycles. The molecule has 6 heteroatoms. The van der Waals surface area contributed by atoms with Gasteiger partial charge in [-0.3, -0.25) is 4.79 Å². The largest absolute Gasteiger partial charge is 0.386 e. The molecule has 3 rings (SSSR count). The zero-order chi connectivity index (χ0) is 15.4. The summed E-state index contributed by atoms with van der Waals surface area (Å²) in [7, 11) is 0. The highest BCUT2D eigenvalue weighted by Gasteiger charge is 2.30. The number of rotatable bonds is 6. The SMILES string of the molecule is Cl.O=C(C1CNC1)N(Cc1ccccc1)CC(O)c1cccs1. The summed E-state index contributed by atoms with van der Waals surface area (Å²) < 4.78 is 0. The van der Waals surface area contributed by atoms with E-state index in [1.54, 1.807) is 4.90 Å². The third-order valence-electron chi connectivity index (χ3n) is 3.92. The van der Waals surface area contributed by atoms with Gasteiger partial charge in [0.25, 0.3) is 0 Å². The van der Waals surface area contributed by atoms with Crippen LogP contribution in [-0.4, -0.2) is 35.5 Å². The number of nitrogens with zero attached hydrogens (tertiary/aromatic N) is 1. The van der Waals surface area contributed by atoms with Gasteiger partial charge in [-0.15, -0.1) is 23.7 Å². The predicted octanol–water partition coefficient (Wildman–Crippen LogP) is 2.45. The van der Waals surface area contributed by atoms with Crippen molar-refractivity contribution in [2.24, 2.45) is 5.92 Å². The molecule has 2 heterocycles. The van der Waals surface area contributed by atoms with E-state index in [0.29, 0.717) is 13.1 Å². The van der Waals surface area contributed by atoms with Crippen molar-refractivity contribution >= 4 is 29.7 Å². The van der Waals surface area contributed by atoms with Gasteiger partial charge in [-0.1, -0.05) is 36.4 Å². The zero-order valence-electron chi connectivity index (χ0n) is 12.7. The molecule has 0 saturated carbocycles. The Morgan fingerprint density at radius 2 is 2.00 bits per heavy atom. The van der Waals surface area contributed by atoms with E-state index in [2.05, 4.69) is 5.32 Å². The fourth-order valence-electron chi connectivity index (χ4n) is 2.54. The molecule has 1 amide bonds. The Morgan fingerprint density at radius 3 is 2.57 bits per heavy atom. The minimum atomic E-state index is -0.624. The van der Waals surface area contributed by atoms with Crippen LogP contribution in [0.1, 0.15) is 16.5 Å². The Hall–Kier alpha value is -1.40. The summed E-state index contributed by atoms with van der Waals surface area (Å²) in [5.41, 5.74) is 1.08. The van der Waals surface area contributed by atoms with Gasteiger partial charge in [-0.25, -0.2) is 0 Å². The molecule has 1 aromatic carbocycles. The third kappa shape index (κ3) is 4.54. The molecule has 1 fully saturated rings. The van der Waals surface area contributed by atoms with Crippen LogP contribution in [0.5, 0.6) is 0 Å². The van der Waals surface area contributed by atoms with E-state index < -0.39 is 6.10 Å². The van der Waals surface area contributed by atoms with Crippen molar-refractivity contribution in [3.8, 4) is 0 Å². The van der Waals surface area contributed by atoms with Gasteiger partial charge in [0.1, 0.15) is 6.10 Å². The Balaban J connectivity index is 0.00000192. The minimum Gasteiger partial charge on any atom is -0.386 e. The molecule has 2 aromatic rings. The highest BCUT2D eigenvalue weighted by atomic mass is 35.5. The number of halogens is 1. The standard InChI is InChI=1S/C17H20N2O2S.ClH/c20-15(16-7-4-8-22-16)12-19(17(21)14-9-18-10-14)11-13-5-2-1-3-6-13;/h1-8,14-15,18,20H,9-12H2;1H. The first-order valence-electron chi connectivity index (χ1n) is 7.49. The van der Waals surface area contributed by atoms with Crippen molar-refractivity contribution in [1.82, 2.24) is 10.2 Å². The van der Waals surface area contributed by atoms with E-state index in [1.165, 1.54) is 11.3 Å². The maximum atomic E-state index is 12.6. The number of nitrogens with one attached hydrogen (secondary N) is 1. The van der Waals surface area contributed by atoms with E-state index in [-0.39, 0.29) is 24.2 Å². The van der Waals surface area contributed by atoms with Crippen molar-refractivity contribution in [3.05, 3.63) is 58.3 Å². The number of hydrogen-bond acceptors (Lipinski definition) is 4. The van der Waals surface area contributed by atoms with E-state index in [4.69, 9.17) is 0 Å². The number of hydrogen-bond donors (Lipinski definition) is 2. The van der Waals surface area contributed by atoms with Crippen molar-refractivity contribution in [3.63, 3.8) is 0 Å². The Bertz CT molecular complexity index is 602. The van der Waals surface area contributed by atoms with Crippen LogP contribution >= 0.6 is 23.7 Å². The van der Waals surface area contributed by atoms with Gasteiger partial charge in [0.2, 0.25) is 5.91 Å². The molecule has 0 spiro atoms. The van der Waals surface area contributed by atoms with Gasteiger partial charge >= 0.3 is 0 Å². The van der Waals surface area contributed by atoms with Gasteiger partial charge in [0.15, 0.2) is 0 Å². The lowest BCUT2D eigenvalue weighted by Gasteiger charge is -2.33. The monoisotopic (exact) mass is 352 g/mol. The van der Waals surface area contributed by atoms with Gasteiger partial charge < -0.3 is 15.3 Å². The molecule has 23 heavy (non-hydrogen) atoms. The smallest absolute Gasteiger partial charge is 0.228 e. The number of carbonyl (C=O) groups is 1. The Morgan fingerprint density at radius 1 is 1.26 bits per heavy atom. The van der Waals surface area contributed by atoms with Crippen molar-refractivity contribution in [2.45, 2.75) is 12.6 Å². The van der Waals surface area contributed by atoms with Crippen LogP contribution < -0.4 is 5.32 Å². The van der Waals surface area contributed by atoms with Crippen LogP contribution in [0.2, 0.25) is 0 Å². The van der Waals surface area contributed by atoms with Crippen LogP contribution in [-0.2, 0) is 11.3 Å². The molecular weight excluding hydrogens is 332 g/mol. The first-order chi connectivity index (χ1) is 10.7. The molecule has 1 atom stereocenters. The van der Waals surface area contributed by atoms with Crippen LogP contribution in [0.25, 0.3) is 0 Å². The van der Waals surface area contributed by atoms with Crippen LogP contribution in [0.4, 0.5) is 0 Å².